The molecule has 1 aliphatic rings. The molecule has 0 saturated carbocycles. The van der Waals surface area contributed by atoms with E-state index >= 15 is 0 Å². The molecule has 0 aliphatic carbocycles. The van der Waals surface area contributed by atoms with Crippen molar-refractivity contribution in [2.45, 2.75) is 30.3 Å². The van der Waals surface area contributed by atoms with E-state index in [4.69, 9.17) is 16.3 Å². The quantitative estimate of drug-likeness (QED) is 0.461. The maximum Gasteiger partial charge on any atom is 0.263 e. The lowest BCUT2D eigenvalue weighted by atomic mass is 10.0. The molecule has 0 radical (unpaired) electrons. The summed E-state index contributed by atoms with van der Waals surface area (Å²) in [7, 11) is -2.60. The van der Waals surface area contributed by atoms with Crippen molar-refractivity contribution < 1.29 is 17.9 Å². The first kappa shape index (κ1) is 25.0. The van der Waals surface area contributed by atoms with Gasteiger partial charge in [-0.25, -0.2) is 8.42 Å². The number of likely N-dealkylation sites (tertiary alicyclic amines) is 1. The first-order chi connectivity index (χ1) is 16.9. The van der Waals surface area contributed by atoms with Gasteiger partial charge in [0.1, 0.15) is 10.6 Å². The molecular weight excluding hydrogens is 486 g/mol. The second-order valence-electron chi connectivity index (χ2n) is 8.46. The van der Waals surface area contributed by atoms with Crippen molar-refractivity contribution in [3.05, 3.63) is 88.9 Å². The third-order valence-corrected chi connectivity index (χ3v) is 7.85. The van der Waals surface area contributed by atoms with Crippen LogP contribution in [-0.4, -0.2) is 45.5 Å². The second-order valence-corrected chi connectivity index (χ2v) is 10.5. The van der Waals surface area contributed by atoms with E-state index in [1.54, 1.807) is 24.3 Å². The van der Waals surface area contributed by atoms with E-state index < -0.39 is 10.0 Å². The number of hydrogen-bond acceptors (Lipinski definition) is 5. The highest BCUT2D eigenvalue weighted by atomic mass is 35.5. The van der Waals surface area contributed by atoms with Gasteiger partial charge in [-0.2, -0.15) is 0 Å². The molecule has 0 unspecified atom stereocenters. The lowest BCUT2D eigenvalue weighted by molar-refractivity contribution is 0.0908. The SMILES string of the molecule is COc1ccccc1NS(=O)(=O)c1cc(C(=O)NC2CCN(Cc3ccccc3)CC2)ccc1Cl. The number of ether oxygens (including phenoxy) is 1. The number of rotatable bonds is 8. The fourth-order valence-corrected chi connectivity index (χ4v) is 5.72. The monoisotopic (exact) mass is 513 g/mol. The summed E-state index contributed by atoms with van der Waals surface area (Å²) in [5.41, 5.74) is 1.79. The molecule has 1 amide bonds. The Bertz CT molecular complexity index is 1280. The summed E-state index contributed by atoms with van der Waals surface area (Å²) in [4.78, 5) is 15.1. The van der Waals surface area contributed by atoms with Crippen LogP contribution in [0.1, 0.15) is 28.8 Å². The van der Waals surface area contributed by atoms with E-state index in [1.165, 1.54) is 30.9 Å². The van der Waals surface area contributed by atoms with Gasteiger partial charge in [-0.3, -0.25) is 14.4 Å². The number of anilines is 1. The number of carbonyl (C=O) groups excluding carboxylic acids is 1. The predicted molar refractivity (Wildman–Crippen MR) is 137 cm³/mol. The van der Waals surface area contributed by atoms with Gasteiger partial charge in [0, 0.05) is 31.2 Å². The van der Waals surface area contributed by atoms with Crippen LogP contribution in [0.3, 0.4) is 0 Å². The highest BCUT2D eigenvalue weighted by Gasteiger charge is 2.24. The molecule has 0 bridgehead atoms. The summed E-state index contributed by atoms with van der Waals surface area (Å²) >= 11 is 6.21. The molecule has 0 atom stereocenters. The van der Waals surface area contributed by atoms with E-state index in [9.17, 15) is 13.2 Å². The number of halogens is 1. The molecule has 7 nitrogen and oxygen atoms in total. The standard InChI is InChI=1S/C26H28ClN3O4S/c1-34-24-10-6-5-9-23(24)29-35(32,33)25-17-20(11-12-22(25)27)26(31)28-21-13-15-30(16-14-21)18-19-7-3-2-4-8-19/h2-12,17,21,29H,13-16,18H2,1H3,(H,28,31). The Hall–Kier alpha value is -3.07. The largest absolute Gasteiger partial charge is 0.495 e. The molecule has 1 aliphatic heterocycles. The normalized spacial score (nSPS) is 14.9. The van der Waals surface area contributed by atoms with Crippen molar-refractivity contribution in [1.82, 2.24) is 10.2 Å². The summed E-state index contributed by atoms with van der Waals surface area (Å²) in [6.45, 7) is 2.64. The Morgan fingerprint density at radius 1 is 1.03 bits per heavy atom. The number of hydrogen-bond donors (Lipinski definition) is 2. The number of amides is 1. The fraction of sp³-hybridized carbons (Fsp3) is 0.269. The van der Waals surface area contributed by atoms with Crippen molar-refractivity contribution in [2.75, 3.05) is 24.9 Å². The summed E-state index contributed by atoms with van der Waals surface area (Å²) in [6.07, 6.45) is 1.65. The average Bonchev–Trinajstić information content (AvgIpc) is 2.86. The molecule has 0 spiro atoms. The van der Waals surface area contributed by atoms with Crippen LogP contribution in [0.2, 0.25) is 5.02 Å². The number of nitrogens with one attached hydrogen (secondary N) is 2. The Labute approximate surface area is 211 Å². The fourth-order valence-electron chi connectivity index (χ4n) is 4.12. The minimum Gasteiger partial charge on any atom is -0.495 e. The Kier molecular flexibility index (Phi) is 7.95. The highest BCUT2D eigenvalue weighted by Crippen LogP contribution is 2.29. The topological polar surface area (TPSA) is 87.7 Å². The number of methoxy groups -OCH3 is 1. The number of carbonyl (C=O) groups is 1. The van der Waals surface area contributed by atoms with E-state index in [-0.39, 0.29) is 33.1 Å². The van der Waals surface area contributed by atoms with E-state index in [1.807, 2.05) is 18.2 Å². The van der Waals surface area contributed by atoms with Crippen LogP contribution in [0, 0.1) is 0 Å². The van der Waals surface area contributed by atoms with Gasteiger partial charge < -0.3 is 10.1 Å². The van der Waals surface area contributed by atoms with E-state index in [0.717, 1.165) is 32.5 Å². The molecule has 3 aromatic rings. The molecule has 4 rings (SSSR count). The third kappa shape index (κ3) is 6.33. The van der Waals surface area contributed by atoms with Gasteiger partial charge in [0.15, 0.2) is 0 Å². The molecule has 1 fully saturated rings. The van der Waals surface area contributed by atoms with Gasteiger partial charge in [0.05, 0.1) is 17.8 Å². The molecule has 0 aromatic heterocycles. The average molecular weight is 514 g/mol. The van der Waals surface area contributed by atoms with Crippen molar-refractivity contribution in [3.8, 4) is 5.75 Å². The minimum absolute atomic E-state index is 0.0250. The number of benzene rings is 3. The van der Waals surface area contributed by atoms with Gasteiger partial charge >= 0.3 is 0 Å². The number of nitrogens with zero attached hydrogens (tertiary/aromatic N) is 1. The lowest BCUT2D eigenvalue weighted by Crippen LogP contribution is -2.44. The first-order valence-corrected chi connectivity index (χ1v) is 13.2. The predicted octanol–water partition coefficient (Wildman–Crippen LogP) is 4.54. The lowest BCUT2D eigenvalue weighted by Gasteiger charge is -2.32. The zero-order valence-electron chi connectivity index (χ0n) is 19.4. The molecular formula is C26H28ClN3O4S. The van der Waals surface area contributed by atoms with E-state index in [0.29, 0.717) is 5.75 Å². The van der Waals surface area contributed by atoms with Gasteiger partial charge in [0.25, 0.3) is 15.9 Å². The number of sulfonamides is 1. The summed E-state index contributed by atoms with van der Waals surface area (Å²) < 4.78 is 33.8. The van der Waals surface area contributed by atoms with Gasteiger partial charge in [-0.05, 0) is 48.7 Å². The second kappa shape index (κ2) is 11.1. The number of para-hydroxylation sites is 2. The molecule has 2 N–H and O–H groups in total. The molecule has 35 heavy (non-hydrogen) atoms. The van der Waals surface area contributed by atoms with Crippen LogP contribution in [0.4, 0.5) is 5.69 Å². The van der Waals surface area contributed by atoms with Crippen LogP contribution >= 0.6 is 11.6 Å². The molecule has 1 saturated heterocycles. The highest BCUT2D eigenvalue weighted by molar-refractivity contribution is 7.92. The maximum absolute atomic E-state index is 13.1. The summed E-state index contributed by atoms with van der Waals surface area (Å²) in [5.74, 6) is 0.0524. The Morgan fingerprint density at radius 3 is 2.43 bits per heavy atom. The first-order valence-electron chi connectivity index (χ1n) is 11.4. The van der Waals surface area contributed by atoms with Crippen LogP contribution in [0.5, 0.6) is 5.75 Å². The number of piperidine rings is 1. The Morgan fingerprint density at radius 2 is 1.71 bits per heavy atom. The maximum atomic E-state index is 13.1. The van der Waals surface area contributed by atoms with Crippen LogP contribution < -0.4 is 14.8 Å². The summed E-state index contributed by atoms with van der Waals surface area (Å²) in [6, 6.07) is 21.3. The smallest absolute Gasteiger partial charge is 0.263 e. The summed E-state index contributed by atoms with van der Waals surface area (Å²) in [5, 5.41) is 3.07. The van der Waals surface area contributed by atoms with Crippen molar-refractivity contribution in [2.24, 2.45) is 0 Å². The molecule has 3 aromatic carbocycles. The van der Waals surface area contributed by atoms with Gasteiger partial charge in [-0.1, -0.05) is 54.1 Å². The van der Waals surface area contributed by atoms with Crippen molar-refractivity contribution in [1.29, 1.82) is 0 Å². The molecule has 184 valence electrons. The molecule has 9 heteroatoms. The van der Waals surface area contributed by atoms with Crippen LogP contribution in [0.25, 0.3) is 0 Å². The zero-order chi connectivity index (χ0) is 24.8. The minimum atomic E-state index is -4.05. The van der Waals surface area contributed by atoms with Crippen LogP contribution in [0.15, 0.2) is 77.7 Å². The Balaban J connectivity index is 1.40. The van der Waals surface area contributed by atoms with Crippen LogP contribution in [-0.2, 0) is 16.6 Å². The zero-order valence-corrected chi connectivity index (χ0v) is 21.0. The van der Waals surface area contributed by atoms with Crippen molar-refractivity contribution in [3.63, 3.8) is 0 Å². The van der Waals surface area contributed by atoms with E-state index in [2.05, 4.69) is 27.1 Å². The molecule has 1 heterocycles. The van der Waals surface area contributed by atoms with Gasteiger partial charge in [-0.15, -0.1) is 0 Å². The van der Waals surface area contributed by atoms with Gasteiger partial charge in [0.2, 0.25) is 0 Å². The van der Waals surface area contributed by atoms with Crippen molar-refractivity contribution >= 4 is 33.2 Å². The third-order valence-electron chi connectivity index (χ3n) is 6.01.